The summed E-state index contributed by atoms with van der Waals surface area (Å²) in [6, 6.07) is 13.5. The number of aromatic amines is 1. The third-order valence-electron chi connectivity index (χ3n) is 4.36. The predicted molar refractivity (Wildman–Crippen MR) is 99.5 cm³/mol. The average molecular weight is 360 g/mol. The van der Waals surface area contributed by atoms with Crippen LogP contribution in [0.25, 0.3) is 11.3 Å². The van der Waals surface area contributed by atoms with E-state index in [9.17, 15) is 14.4 Å². The van der Waals surface area contributed by atoms with Crippen LogP contribution in [0.1, 0.15) is 26.4 Å². The van der Waals surface area contributed by atoms with Gasteiger partial charge in [0.25, 0.3) is 17.6 Å². The van der Waals surface area contributed by atoms with Gasteiger partial charge in [-0.3, -0.25) is 14.4 Å². The van der Waals surface area contributed by atoms with Crippen LogP contribution in [0, 0.1) is 0 Å². The lowest BCUT2D eigenvalue weighted by Gasteiger charge is -2.11. The van der Waals surface area contributed by atoms with Gasteiger partial charge in [0.15, 0.2) is 0 Å². The molecule has 2 aromatic heterocycles. The van der Waals surface area contributed by atoms with Crippen LogP contribution >= 0.6 is 0 Å². The maximum Gasteiger partial charge on any atom is 0.297 e. The van der Waals surface area contributed by atoms with Gasteiger partial charge < -0.3 is 15.6 Å². The van der Waals surface area contributed by atoms with Crippen LogP contribution in [0.5, 0.6) is 0 Å². The number of carbonyl (C=O) groups is 3. The van der Waals surface area contributed by atoms with E-state index < -0.39 is 11.7 Å². The highest BCUT2D eigenvalue weighted by Gasteiger charge is 2.20. The van der Waals surface area contributed by atoms with Gasteiger partial charge in [0.2, 0.25) is 0 Å². The SMILES string of the molecule is O=C(Nc1cc(-c2cc3c([nH]2)CCNC3=O)ccn1)C(=O)c1ccccc1. The molecule has 3 N–H and O–H groups in total. The molecule has 3 heterocycles. The summed E-state index contributed by atoms with van der Waals surface area (Å²) < 4.78 is 0. The molecule has 0 saturated heterocycles. The number of benzene rings is 1. The quantitative estimate of drug-likeness (QED) is 0.490. The lowest BCUT2D eigenvalue weighted by molar-refractivity contribution is -0.112. The van der Waals surface area contributed by atoms with Gasteiger partial charge in [0.05, 0.1) is 5.56 Å². The van der Waals surface area contributed by atoms with Crippen molar-refractivity contribution in [2.75, 3.05) is 11.9 Å². The van der Waals surface area contributed by atoms with Gasteiger partial charge >= 0.3 is 0 Å². The van der Waals surface area contributed by atoms with Gasteiger partial charge in [-0.15, -0.1) is 0 Å². The minimum absolute atomic E-state index is 0.102. The van der Waals surface area contributed by atoms with Crippen LogP contribution in [0.2, 0.25) is 0 Å². The van der Waals surface area contributed by atoms with Crippen LogP contribution in [-0.2, 0) is 11.2 Å². The molecule has 7 heteroatoms. The third kappa shape index (κ3) is 3.35. The zero-order valence-corrected chi connectivity index (χ0v) is 14.3. The van der Waals surface area contributed by atoms with Crippen LogP contribution in [0.3, 0.4) is 0 Å². The van der Waals surface area contributed by atoms with E-state index in [4.69, 9.17) is 0 Å². The molecule has 0 aliphatic carbocycles. The molecular formula is C20H16N4O3. The largest absolute Gasteiger partial charge is 0.358 e. The number of pyridine rings is 1. The third-order valence-corrected chi connectivity index (χ3v) is 4.36. The second-order valence-electron chi connectivity index (χ2n) is 6.16. The Balaban J connectivity index is 1.55. The zero-order chi connectivity index (χ0) is 18.8. The van der Waals surface area contributed by atoms with Crippen molar-refractivity contribution in [1.29, 1.82) is 0 Å². The minimum atomic E-state index is -0.754. The number of nitrogens with zero attached hydrogens (tertiary/aromatic N) is 1. The molecule has 1 aliphatic rings. The van der Waals surface area contributed by atoms with Crippen molar-refractivity contribution >= 4 is 23.4 Å². The van der Waals surface area contributed by atoms with Gasteiger partial charge in [-0.05, 0) is 18.2 Å². The zero-order valence-electron chi connectivity index (χ0n) is 14.3. The molecule has 0 saturated carbocycles. The Bertz CT molecular complexity index is 1040. The number of rotatable bonds is 4. The number of carbonyl (C=O) groups excluding carboxylic acids is 3. The maximum atomic E-state index is 12.2. The van der Waals surface area contributed by atoms with E-state index in [-0.39, 0.29) is 11.7 Å². The van der Waals surface area contributed by atoms with E-state index >= 15 is 0 Å². The Morgan fingerprint density at radius 1 is 1.07 bits per heavy atom. The first kappa shape index (κ1) is 16.7. The molecule has 0 fully saturated rings. The van der Waals surface area contributed by atoms with Crippen LogP contribution < -0.4 is 10.6 Å². The fourth-order valence-corrected chi connectivity index (χ4v) is 3.01. The van der Waals surface area contributed by atoms with Gasteiger partial charge in [0, 0.05) is 41.7 Å². The van der Waals surface area contributed by atoms with Gasteiger partial charge in [-0.25, -0.2) is 4.98 Å². The first-order valence-corrected chi connectivity index (χ1v) is 8.49. The maximum absolute atomic E-state index is 12.2. The summed E-state index contributed by atoms with van der Waals surface area (Å²) in [5, 5.41) is 5.33. The Morgan fingerprint density at radius 3 is 2.67 bits per heavy atom. The molecule has 1 aliphatic heterocycles. The molecule has 134 valence electrons. The summed E-state index contributed by atoms with van der Waals surface area (Å²) in [6.45, 7) is 0.602. The first-order chi connectivity index (χ1) is 13.1. The molecule has 0 atom stereocenters. The van der Waals surface area contributed by atoms with Gasteiger partial charge in [-0.1, -0.05) is 30.3 Å². The predicted octanol–water partition coefficient (Wildman–Crippen LogP) is 2.18. The second kappa shape index (κ2) is 6.87. The van der Waals surface area contributed by atoms with Crippen molar-refractivity contribution in [2.24, 2.45) is 0 Å². The number of ketones is 1. The Labute approximate surface area is 154 Å². The fraction of sp³-hybridized carbons (Fsp3) is 0.100. The molecule has 27 heavy (non-hydrogen) atoms. The molecule has 2 amide bonds. The van der Waals surface area contributed by atoms with Crippen molar-refractivity contribution < 1.29 is 14.4 Å². The summed E-state index contributed by atoms with van der Waals surface area (Å²) >= 11 is 0. The van der Waals surface area contributed by atoms with Crippen molar-refractivity contribution in [1.82, 2.24) is 15.3 Å². The average Bonchev–Trinajstić information content (AvgIpc) is 3.14. The Hall–Kier alpha value is -3.74. The summed E-state index contributed by atoms with van der Waals surface area (Å²) in [7, 11) is 0. The van der Waals surface area contributed by atoms with E-state index in [0.717, 1.165) is 23.4 Å². The number of fused-ring (bicyclic) bond motifs is 1. The lowest BCUT2D eigenvalue weighted by Crippen LogP contribution is -2.31. The highest BCUT2D eigenvalue weighted by atomic mass is 16.2. The first-order valence-electron chi connectivity index (χ1n) is 8.49. The number of aromatic nitrogens is 2. The van der Waals surface area contributed by atoms with Crippen LogP contribution in [-0.4, -0.2) is 34.1 Å². The van der Waals surface area contributed by atoms with Crippen LogP contribution in [0.4, 0.5) is 5.82 Å². The van der Waals surface area contributed by atoms with E-state index in [0.29, 0.717) is 17.7 Å². The number of hydrogen-bond donors (Lipinski definition) is 3. The number of H-pyrrole nitrogens is 1. The number of nitrogens with one attached hydrogen (secondary N) is 3. The van der Waals surface area contributed by atoms with Crippen molar-refractivity contribution in [2.45, 2.75) is 6.42 Å². The molecule has 0 bridgehead atoms. The highest BCUT2D eigenvalue weighted by Crippen LogP contribution is 2.25. The molecule has 4 rings (SSSR count). The standard InChI is InChI=1S/C20H16N4O3/c25-18(12-4-2-1-3-5-12)20(27)24-17-10-13(6-8-21-17)16-11-14-15(23-16)7-9-22-19(14)26/h1-6,8,10-11,23H,7,9H2,(H,22,26)(H,21,24,27). The highest BCUT2D eigenvalue weighted by molar-refractivity contribution is 6.46. The van der Waals surface area contributed by atoms with Gasteiger partial charge in [-0.2, -0.15) is 0 Å². The molecular weight excluding hydrogens is 344 g/mol. The summed E-state index contributed by atoms with van der Waals surface area (Å²) in [4.78, 5) is 43.6. The van der Waals surface area contributed by atoms with E-state index in [1.807, 2.05) is 0 Å². The van der Waals surface area contributed by atoms with E-state index in [2.05, 4.69) is 20.6 Å². The Morgan fingerprint density at radius 2 is 1.89 bits per heavy atom. The van der Waals surface area contributed by atoms with Crippen LogP contribution in [0.15, 0.2) is 54.7 Å². The molecule has 7 nitrogen and oxygen atoms in total. The smallest absolute Gasteiger partial charge is 0.297 e. The molecule has 0 radical (unpaired) electrons. The second-order valence-corrected chi connectivity index (χ2v) is 6.16. The Kier molecular flexibility index (Phi) is 4.25. The topological polar surface area (TPSA) is 104 Å². The fourth-order valence-electron chi connectivity index (χ4n) is 3.01. The van der Waals surface area contributed by atoms with Gasteiger partial charge in [0.1, 0.15) is 5.82 Å². The summed E-state index contributed by atoms with van der Waals surface area (Å²) in [6.07, 6.45) is 2.28. The summed E-state index contributed by atoms with van der Waals surface area (Å²) in [5.41, 5.74) is 3.33. The number of hydrogen-bond acceptors (Lipinski definition) is 4. The van der Waals surface area contributed by atoms with Crippen molar-refractivity contribution in [3.63, 3.8) is 0 Å². The number of amides is 2. The monoisotopic (exact) mass is 360 g/mol. The van der Waals surface area contributed by atoms with Crippen molar-refractivity contribution in [3.8, 4) is 11.3 Å². The van der Waals surface area contributed by atoms with E-state index in [1.165, 1.54) is 6.20 Å². The number of anilines is 1. The number of Topliss-reactive ketones (excluding diaryl/α,β-unsaturated/α-hetero) is 1. The molecule has 0 spiro atoms. The minimum Gasteiger partial charge on any atom is -0.358 e. The van der Waals surface area contributed by atoms with Crippen molar-refractivity contribution in [3.05, 3.63) is 71.5 Å². The molecule has 3 aromatic rings. The normalized spacial score (nSPS) is 12.8. The molecule has 1 aromatic carbocycles. The molecule has 0 unspecified atom stereocenters. The van der Waals surface area contributed by atoms with E-state index in [1.54, 1.807) is 48.5 Å². The lowest BCUT2D eigenvalue weighted by atomic mass is 10.1. The summed E-state index contributed by atoms with van der Waals surface area (Å²) in [5.74, 6) is -1.22.